The van der Waals surface area contributed by atoms with Crippen molar-refractivity contribution in [2.75, 3.05) is 6.54 Å². The predicted octanol–water partition coefficient (Wildman–Crippen LogP) is 1.16. The summed E-state index contributed by atoms with van der Waals surface area (Å²) < 4.78 is 0. The van der Waals surface area contributed by atoms with Crippen molar-refractivity contribution in [3.05, 3.63) is 0 Å². The Hall–Kier alpha value is -0.900. The van der Waals surface area contributed by atoms with Crippen molar-refractivity contribution in [1.82, 2.24) is 10.2 Å². The number of carbonyl (C=O) groups is 2. The average Bonchev–Trinajstić information content (AvgIpc) is 2.47. The molecule has 4 atom stereocenters. The molecule has 2 aliphatic rings. The lowest BCUT2D eigenvalue weighted by Crippen LogP contribution is -2.49. The van der Waals surface area contributed by atoms with E-state index in [0.717, 1.165) is 6.42 Å². The fourth-order valence-corrected chi connectivity index (χ4v) is 2.81. The molecule has 4 unspecified atom stereocenters. The minimum atomic E-state index is -0.150. The van der Waals surface area contributed by atoms with Crippen LogP contribution in [0.5, 0.6) is 0 Å². The number of piperidine rings is 1. The maximum Gasteiger partial charge on any atom is 0.232 e. The monoisotopic (exact) mass is 238 g/mol. The Morgan fingerprint density at radius 2 is 1.71 bits per heavy atom. The van der Waals surface area contributed by atoms with Crippen LogP contribution in [0.2, 0.25) is 0 Å². The molecule has 2 heterocycles. The Morgan fingerprint density at radius 3 is 2.24 bits per heavy atom. The van der Waals surface area contributed by atoms with Gasteiger partial charge in [-0.1, -0.05) is 20.3 Å². The number of rotatable bonds is 2. The first-order valence-corrected chi connectivity index (χ1v) is 6.62. The van der Waals surface area contributed by atoms with Gasteiger partial charge >= 0.3 is 0 Å². The number of nitrogens with zero attached hydrogens (tertiary/aromatic N) is 1. The molecule has 4 heteroatoms. The molecule has 0 aromatic heterocycles. The highest BCUT2D eigenvalue weighted by molar-refractivity contribution is 6.04. The minimum absolute atomic E-state index is 0.00234. The van der Waals surface area contributed by atoms with Crippen LogP contribution in [0, 0.1) is 11.8 Å². The molecule has 0 bridgehead atoms. The Labute approximate surface area is 103 Å². The van der Waals surface area contributed by atoms with E-state index in [1.165, 1.54) is 17.7 Å². The van der Waals surface area contributed by atoms with E-state index in [2.05, 4.69) is 12.2 Å². The van der Waals surface area contributed by atoms with Crippen molar-refractivity contribution in [2.45, 2.75) is 52.1 Å². The van der Waals surface area contributed by atoms with E-state index >= 15 is 0 Å². The molecule has 1 N–H and O–H groups in total. The van der Waals surface area contributed by atoms with Crippen LogP contribution in [0.4, 0.5) is 0 Å². The van der Waals surface area contributed by atoms with E-state index in [0.29, 0.717) is 12.6 Å². The molecule has 96 valence electrons. The van der Waals surface area contributed by atoms with Crippen LogP contribution in [0.1, 0.15) is 40.0 Å². The second-order valence-corrected chi connectivity index (χ2v) is 5.56. The number of imide groups is 1. The molecule has 4 nitrogen and oxygen atoms in total. The number of amides is 2. The minimum Gasteiger partial charge on any atom is -0.310 e. The highest BCUT2D eigenvalue weighted by Gasteiger charge is 2.42. The summed E-state index contributed by atoms with van der Waals surface area (Å²) in [7, 11) is 0. The van der Waals surface area contributed by atoms with Crippen LogP contribution in [0.3, 0.4) is 0 Å². The lowest BCUT2D eigenvalue weighted by Gasteiger charge is -2.31. The molecular weight excluding hydrogens is 216 g/mol. The van der Waals surface area contributed by atoms with Crippen molar-refractivity contribution >= 4 is 11.8 Å². The number of likely N-dealkylation sites (tertiary alicyclic amines) is 1. The van der Waals surface area contributed by atoms with Gasteiger partial charge in [-0.15, -0.1) is 0 Å². The van der Waals surface area contributed by atoms with Gasteiger partial charge in [0.15, 0.2) is 0 Å². The van der Waals surface area contributed by atoms with Gasteiger partial charge in [0.05, 0.1) is 0 Å². The molecule has 0 radical (unpaired) electrons. The number of hydrogen-bond donors (Lipinski definition) is 1. The van der Waals surface area contributed by atoms with E-state index in [4.69, 9.17) is 0 Å². The van der Waals surface area contributed by atoms with Gasteiger partial charge in [0, 0.05) is 30.5 Å². The highest BCUT2D eigenvalue weighted by atomic mass is 16.2. The van der Waals surface area contributed by atoms with Crippen molar-refractivity contribution < 1.29 is 9.59 Å². The zero-order chi connectivity index (χ0) is 12.6. The maximum atomic E-state index is 12.0. The summed E-state index contributed by atoms with van der Waals surface area (Å²) in [6.45, 7) is 6.41. The zero-order valence-corrected chi connectivity index (χ0v) is 10.9. The summed E-state index contributed by atoms with van der Waals surface area (Å²) in [4.78, 5) is 25.4. The van der Waals surface area contributed by atoms with Crippen molar-refractivity contribution in [3.63, 3.8) is 0 Å². The number of nitrogens with one attached hydrogen (secondary N) is 1. The molecule has 2 amide bonds. The molecule has 2 fully saturated rings. The third kappa shape index (κ3) is 2.37. The van der Waals surface area contributed by atoms with Gasteiger partial charge in [-0.3, -0.25) is 14.5 Å². The van der Waals surface area contributed by atoms with Crippen molar-refractivity contribution in [3.8, 4) is 0 Å². The zero-order valence-electron chi connectivity index (χ0n) is 10.9. The predicted molar refractivity (Wildman–Crippen MR) is 65.3 cm³/mol. The summed E-state index contributed by atoms with van der Waals surface area (Å²) in [5.74, 6) is -0.294. The molecule has 0 aromatic rings. The van der Waals surface area contributed by atoms with Crippen molar-refractivity contribution in [2.24, 2.45) is 11.8 Å². The first-order valence-electron chi connectivity index (χ1n) is 6.62. The van der Waals surface area contributed by atoms with Gasteiger partial charge in [-0.2, -0.15) is 0 Å². The average molecular weight is 238 g/mol. The molecule has 0 aromatic carbocycles. The Balaban J connectivity index is 1.99. The summed E-state index contributed by atoms with van der Waals surface area (Å²) in [5, 5.41) is 3.47. The Morgan fingerprint density at radius 1 is 1.12 bits per heavy atom. The fourth-order valence-electron chi connectivity index (χ4n) is 2.81. The van der Waals surface area contributed by atoms with Gasteiger partial charge in [0.1, 0.15) is 0 Å². The van der Waals surface area contributed by atoms with E-state index in [1.807, 2.05) is 13.8 Å². The largest absolute Gasteiger partial charge is 0.310 e. The van der Waals surface area contributed by atoms with Crippen LogP contribution in [0.15, 0.2) is 0 Å². The SMILES string of the molecule is CC1CCCC(CN2C(=O)C(C)C(C)C2=O)N1. The summed E-state index contributed by atoms with van der Waals surface area (Å²) >= 11 is 0. The van der Waals surface area contributed by atoms with Gasteiger partial charge in [0.25, 0.3) is 0 Å². The van der Waals surface area contributed by atoms with Crippen LogP contribution in [0.25, 0.3) is 0 Å². The van der Waals surface area contributed by atoms with E-state index in [1.54, 1.807) is 0 Å². The number of carbonyl (C=O) groups excluding carboxylic acids is 2. The quantitative estimate of drug-likeness (QED) is 0.734. The first kappa shape index (κ1) is 12.6. The van der Waals surface area contributed by atoms with Crippen LogP contribution in [-0.2, 0) is 9.59 Å². The third-order valence-corrected chi connectivity index (χ3v) is 4.17. The summed E-state index contributed by atoms with van der Waals surface area (Å²) in [6, 6.07) is 0.778. The second kappa shape index (κ2) is 4.77. The second-order valence-electron chi connectivity index (χ2n) is 5.56. The smallest absolute Gasteiger partial charge is 0.232 e. The van der Waals surface area contributed by atoms with Crippen molar-refractivity contribution in [1.29, 1.82) is 0 Å². The Bertz CT molecular complexity index is 309. The summed E-state index contributed by atoms with van der Waals surface area (Å²) in [5.41, 5.74) is 0. The Kier molecular flexibility index (Phi) is 3.52. The lowest BCUT2D eigenvalue weighted by molar-refractivity contribution is -0.140. The van der Waals surface area contributed by atoms with Crippen LogP contribution < -0.4 is 5.32 Å². The number of hydrogen-bond acceptors (Lipinski definition) is 3. The standard InChI is InChI=1S/C13H22N2O2/c1-8-5-4-6-11(14-8)7-15-12(16)9(2)10(3)13(15)17/h8-11,14H,4-7H2,1-3H3. The van der Waals surface area contributed by atoms with Crippen LogP contribution in [-0.4, -0.2) is 35.3 Å². The molecule has 2 rings (SSSR count). The fraction of sp³-hybridized carbons (Fsp3) is 0.846. The topological polar surface area (TPSA) is 49.4 Å². The highest BCUT2D eigenvalue weighted by Crippen LogP contribution is 2.26. The van der Waals surface area contributed by atoms with Gasteiger partial charge in [0.2, 0.25) is 11.8 Å². The van der Waals surface area contributed by atoms with E-state index < -0.39 is 0 Å². The van der Waals surface area contributed by atoms with Gasteiger partial charge < -0.3 is 5.32 Å². The summed E-state index contributed by atoms with van der Waals surface area (Å²) in [6.07, 6.45) is 3.43. The maximum absolute atomic E-state index is 12.0. The molecule has 2 aliphatic heterocycles. The van der Waals surface area contributed by atoms with Gasteiger partial charge in [-0.25, -0.2) is 0 Å². The molecule has 0 spiro atoms. The molecule has 0 saturated carbocycles. The normalized spacial score (nSPS) is 38.9. The third-order valence-electron chi connectivity index (χ3n) is 4.17. The molecule has 0 aliphatic carbocycles. The molecule has 2 saturated heterocycles. The molecule has 17 heavy (non-hydrogen) atoms. The van der Waals surface area contributed by atoms with E-state index in [9.17, 15) is 9.59 Å². The van der Waals surface area contributed by atoms with Crippen LogP contribution >= 0.6 is 0 Å². The first-order chi connectivity index (χ1) is 8.00. The lowest BCUT2D eigenvalue weighted by atomic mass is 9.99. The van der Waals surface area contributed by atoms with Gasteiger partial charge in [-0.05, 0) is 19.8 Å². The molecular formula is C13H22N2O2. The van der Waals surface area contributed by atoms with E-state index in [-0.39, 0.29) is 29.7 Å².